The Morgan fingerprint density at radius 1 is 1.33 bits per heavy atom. The predicted molar refractivity (Wildman–Crippen MR) is 78.8 cm³/mol. The van der Waals surface area contributed by atoms with Gasteiger partial charge >= 0.3 is 11.9 Å². The first-order valence-corrected chi connectivity index (χ1v) is 7.03. The minimum atomic E-state index is -1.50. The van der Waals surface area contributed by atoms with E-state index in [1.54, 1.807) is 6.08 Å². The molecule has 0 amide bonds. The summed E-state index contributed by atoms with van der Waals surface area (Å²) in [7, 11) is 2.46. The first-order chi connectivity index (χ1) is 9.63. The predicted octanol–water partition coefficient (Wildman–Crippen LogP) is 1.83. The maximum atomic E-state index is 12.2. The van der Waals surface area contributed by atoms with Crippen LogP contribution in [0.2, 0.25) is 0 Å². The van der Waals surface area contributed by atoms with E-state index in [1.165, 1.54) is 20.3 Å². The van der Waals surface area contributed by atoms with Crippen LogP contribution in [0.3, 0.4) is 0 Å². The molecule has 1 rings (SSSR count). The second kappa shape index (κ2) is 6.20. The van der Waals surface area contributed by atoms with Crippen LogP contribution in [0.15, 0.2) is 23.3 Å². The van der Waals surface area contributed by atoms with Gasteiger partial charge in [-0.15, -0.1) is 11.6 Å². The minimum Gasteiger partial charge on any atom is -0.468 e. The van der Waals surface area contributed by atoms with E-state index >= 15 is 0 Å². The molecule has 21 heavy (non-hydrogen) atoms. The monoisotopic (exact) mass is 316 g/mol. The summed E-state index contributed by atoms with van der Waals surface area (Å²) in [6.45, 7) is 5.62. The van der Waals surface area contributed by atoms with Gasteiger partial charge in [0.1, 0.15) is 5.41 Å². The van der Waals surface area contributed by atoms with Crippen molar-refractivity contribution in [3.05, 3.63) is 23.3 Å². The zero-order valence-electron chi connectivity index (χ0n) is 12.9. The van der Waals surface area contributed by atoms with Gasteiger partial charge in [0.2, 0.25) is 0 Å². The van der Waals surface area contributed by atoms with E-state index in [0.717, 1.165) is 0 Å². The van der Waals surface area contributed by atoms with Crippen LogP contribution < -0.4 is 0 Å². The normalized spacial score (nSPS) is 25.8. The molecule has 1 aliphatic rings. The van der Waals surface area contributed by atoms with Gasteiger partial charge in [-0.05, 0) is 23.1 Å². The van der Waals surface area contributed by atoms with Crippen molar-refractivity contribution in [1.82, 2.24) is 0 Å². The molecule has 0 aromatic rings. The fourth-order valence-corrected chi connectivity index (χ4v) is 2.64. The van der Waals surface area contributed by atoms with Crippen molar-refractivity contribution < 1.29 is 24.2 Å². The molecule has 118 valence electrons. The Bertz CT molecular complexity index is 501. The molecule has 0 aliphatic heterocycles. The lowest BCUT2D eigenvalue weighted by Gasteiger charge is -2.40. The van der Waals surface area contributed by atoms with Crippen LogP contribution in [0.25, 0.3) is 0 Å². The second-order valence-corrected chi connectivity index (χ2v) is 6.28. The van der Waals surface area contributed by atoms with Gasteiger partial charge in [-0.1, -0.05) is 20.8 Å². The van der Waals surface area contributed by atoms with E-state index in [2.05, 4.69) is 0 Å². The number of aliphatic hydroxyl groups is 1. The summed E-state index contributed by atoms with van der Waals surface area (Å²) in [5.74, 6) is -1.50. The maximum absolute atomic E-state index is 12.2. The standard InChI is InChI=1S/C15H21ClO5/c1-14(2,3)10-6-9(12(18)20-4)7-15(8-16,11(10)17)13(19)21-5/h6-7,11,17H,8H2,1-5H3. The number of alkyl halides is 1. The van der Waals surface area contributed by atoms with Crippen molar-refractivity contribution >= 4 is 23.5 Å². The minimum absolute atomic E-state index is 0.179. The number of aliphatic hydroxyl groups excluding tert-OH is 1. The van der Waals surface area contributed by atoms with Crippen LogP contribution in [0.4, 0.5) is 0 Å². The summed E-state index contributed by atoms with van der Waals surface area (Å²) in [6, 6.07) is 0. The molecule has 0 aromatic heterocycles. The second-order valence-electron chi connectivity index (χ2n) is 6.01. The maximum Gasteiger partial charge on any atom is 0.337 e. The molecule has 0 bridgehead atoms. The Hall–Kier alpha value is -1.33. The molecule has 1 N–H and O–H groups in total. The molecule has 0 heterocycles. The number of halogens is 1. The first-order valence-electron chi connectivity index (χ1n) is 6.49. The van der Waals surface area contributed by atoms with Crippen molar-refractivity contribution in [3.63, 3.8) is 0 Å². The van der Waals surface area contributed by atoms with Crippen molar-refractivity contribution in [3.8, 4) is 0 Å². The number of carbonyl (C=O) groups is 2. The molecule has 0 radical (unpaired) electrons. The fourth-order valence-electron chi connectivity index (χ4n) is 2.31. The highest BCUT2D eigenvalue weighted by molar-refractivity contribution is 6.20. The molecule has 5 nitrogen and oxygen atoms in total. The topological polar surface area (TPSA) is 72.8 Å². The lowest BCUT2D eigenvalue weighted by Crippen LogP contribution is -2.48. The highest BCUT2D eigenvalue weighted by Crippen LogP contribution is 2.43. The van der Waals surface area contributed by atoms with Crippen LogP contribution in [0.1, 0.15) is 20.8 Å². The van der Waals surface area contributed by atoms with Gasteiger partial charge in [-0.2, -0.15) is 0 Å². The zero-order chi connectivity index (χ0) is 16.4. The highest BCUT2D eigenvalue weighted by atomic mass is 35.5. The third-order valence-corrected chi connectivity index (χ3v) is 4.02. The summed E-state index contributed by atoms with van der Waals surface area (Å²) >= 11 is 5.95. The van der Waals surface area contributed by atoms with E-state index in [9.17, 15) is 14.7 Å². The Balaban J connectivity index is 3.53. The Kier molecular flexibility index (Phi) is 5.23. The summed E-state index contributed by atoms with van der Waals surface area (Å²) < 4.78 is 9.48. The third-order valence-electron chi connectivity index (χ3n) is 3.58. The number of esters is 2. The number of ether oxygens (including phenoxy) is 2. The molecule has 0 fully saturated rings. The van der Waals surface area contributed by atoms with Gasteiger partial charge < -0.3 is 14.6 Å². The number of rotatable bonds is 3. The number of methoxy groups -OCH3 is 2. The third kappa shape index (κ3) is 3.14. The van der Waals surface area contributed by atoms with Crippen molar-refractivity contribution in [2.45, 2.75) is 26.9 Å². The summed E-state index contributed by atoms with van der Waals surface area (Å²) in [5, 5.41) is 10.6. The van der Waals surface area contributed by atoms with E-state index < -0.39 is 28.9 Å². The molecule has 1 aliphatic carbocycles. The van der Waals surface area contributed by atoms with Gasteiger partial charge in [-0.3, -0.25) is 4.79 Å². The molecule has 0 saturated heterocycles. The number of hydrogen-bond acceptors (Lipinski definition) is 5. The number of hydrogen-bond donors (Lipinski definition) is 1. The summed E-state index contributed by atoms with van der Waals surface area (Å²) in [5.41, 5.74) is -1.26. The van der Waals surface area contributed by atoms with Crippen LogP contribution in [-0.2, 0) is 19.1 Å². The van der Waals surface area contributed by atoms with Gasteiger partial charge in [0, 0.05) is 5.88 Å². The van der Waals surface area contributed by atoms with Crippen molar-refractivity contribution in [2.75, 3.05) is 20.1 Å². The average Bonchev–Trinajstić information content (AvgIpc) is 2.44. The van der Waals surface area contributed by atoms with E-state index in [1.807, 2.05) is 20.8 Å². The van der Waals surface area contributed by atoms with Gasteiger partial charge in [0.25, 0.3) is 0 Å². The Morgan fingerprint density at radius 3 is 2.29 bits per heavy atom. The highest BCUT2D eigenvalue weighted by Gasteiger charge is 2.50. The lowest BCUT2D eigenvalue weighted by atomic mass is 9.68. The Morgan fingerprint density at radius 2 is 1.90 bits per heavy atom. The quantitative estimate of drug-likeness (QED) is 0.635. The molecule has 0 spiro atoms. The SMILES string of the molecule is COC(=O)C1=CC(CCl)(C(=O)OC)C(O)C(C(C)(C)C)=C1. The van der Waals surface area contributed by atoms with E-state index in [-0.39, 0.29) is 11.5 Å². The first kappa shape index (κ1) is 17.7. The smallest absolute Gasteiger partial charge is 0.337 e. The van der Waals surface area contributed by atoms with Gasteiger partial charge in [0.15, 0.2) is 0 Å². The van der Waals surface area contributed by atoms with Crippen LogP contribution >= 0.6 is 11.6 Å². The molecule has 2 unspecified atom stereocenters. The lowest BCUT2D eigenvalue weighted by molar-refractivity contribution is -0.153. The Labute approximate surface area is 129 Å². The van der Waals surface area contributed by atoms with Crippen LogP contribution in [0, 0.1) is 10.8 Å². The summed E-state index contributed by atoms with van der Waals surface area (Å²) in [6.07, 6.45) is 1.71. The average molecular weight is 317 g/mol. The van der Waals surface area contributed by atoms with Crippen molar-refractivity contribution in [1.29, 1.82) is 0 Å². The van der Waals surface area contributed by atoms with Crippen LogP contribution in [-0.4, -0.2) is 43.2 Å². The molecule has 6 heteroatoms. The van der Waals surface area contributed by atoms with E-state index in [4.69, 9.17) is 21.1 Å². The molecule has 0 aromatic carbocycles. The summed E-state index contributed by atoms with van der Waals surface area (Å²) in [4.78, 5) is 24.0. The molecule has 2 atom stereocenters. The molecular formula is C15H21ClO5. The fraction of sp³-hybridized carbons (Fsp3) is 0.600. The van der Waals surface area contributed by atoms with Gasteiger partial charge in [0.05, 0.1) is 25.9 Å². The largest absolute Gasteiger partial charge is 0.468 e. The van der Waals surface area contributed by atoms with Crippen molar-refractivity contribution in [2.24, 2.45) is 10.8 Å². The molecule has 0 saturated carbocycles. The van der Waals surface area contributed by atoms with Gasteiger partial charge in [-0.25, -0.2) is 4.79 Å². The van der Waals surface area contributed by atoms with Crippen LogP contribution in [0.5, 0.6) is 0 Å². The molecular weight excluding hydrogens is 296 g/mol. The van der Waals surface area contributed by atoms with E-state index in [0.29, 0.717) is 5.57 Å². The number of carbonyl (C=O) groups excluding carboxylic acids is 2. The zero-order valence-corrected chi connectivity index (χ0v) is 13.7.